The van der Waals surface area contributed by atoms with Crippen LogP contribution in [-0.2, 0) is 5.33 Å². The Morgan fingerprint density at radius 2 is 2.08 bits per heavy atom. The third kappa shape index (κ3) is 2.06. The Balaban J connectivity index is 3.11. The molecule has 12 heavy (non-hydrogen) atoms. The number of alkyl halides is 1. The summed E-state index contributed by atoms with van der Waals surface area (Å²) in [5, 5.41) is 18.1. The Morgan fingerprint density at radius 1 is 1.42 bits per heavy atom. The molecule has 0 radical (unpaired) electrons. The summed E-state index contributed by atoms with van der Waals surface area (Å²) in [6.45, 7) is 0. The van der Waals surface area contributed by atoms with Gasteiger partial charge in [0.2, 0.25) is 0 Å². The predicted octanol–water partition coefficient (Wildman–Crippen LogP) is 0.400. The van der Waals surface area contributed by atoms with Crippen LogP contribution in [0.15, 0.2) is 18.2 Å². The van der Waals surface area contributed by atoms with Gasteiger partial charge in [-0.05, 0) is 23.2 Å². The summed E-state index contributed by atoms with van der Waals surface area (Å²) in [5.41, 5.74) is 0.873. The van der Waals surface area contributed by atoms with E-state index in [1.807, 2.05) is 0 Å². The molecule has 0 bridgehead atoms. The summed E-state index contributed by atoms with van der Waals surface area (Å²) >= 11 is 3.12. The second-order valence-corrected chi connectivity index (χ2v) is 2.91. The fourth-order valence-electron chi connectivity index (χ4n) is 0.942. The molecule has 2 nitrogen and oxygen atoms in total. The quantitative estimate of drug-likeness (QED) is 0.573. The molecule has 0 aliphatic rings. The highest BCUT2D eigenvalue weighted by molar-refractivity contribution is 9.08. The van der Waals surface area contributed by atoms with Crippen molar-refractivity contribution in [2.75, 3.05) is 0 Å². The molecule has 0 fully saturated rings. The first-order valence-electron chi connectivity index (χ1n) is 3.35. The second-order valence-electron chi connectivity index (χ2n) is 2.35. The van der Waals surface area contributed by atoms with Crippen molar-refractivity contribution in [3.8, 4) is 0 Å². The topological polar surface area (TPSA) is 40.5 Å². The van der Waals surface area contributed by atoms with Crippen molar-refractivity contribution in [2.45, 2.75) is 5.33 Å². The van der Waals surface area contributed by atoms with Crippen LogP contribution in [-0.4, -0.2) is 17.2 Å². The zero-order valence-corrected chi connectivity index (χ0v) is 7.75. The van der Waals surface area contributed by atoms with Crippen LogP contribution >= 0.6 is 15.9 Å². The van der Waals surface area contributed by atoms with Gasteiger partial charge in [-0.25, -0.2) is 4.39 Å². The van der Waals surface area contributed by atoms with Crippen molar-refractivity contribution in [1.82, 2.24) is 0 Å². The van der Waals surface area contributed by atoms with E-state index >= 15 is 0 Å². The van der Waals surface area contributed by atoms with Crippen LogP contribution in [0.1, 0.15) is 5.56 Å². The van der Waals surface area contributed by atoms with Crippen molar-refractivity contribution < 1.29 is 14.4 Å². The zero-order valence-electron chi connectivity index (χ0n) is 6.17. The van der Waals surface area contributed by atoms with Gasteiger partial charge in [0, 0.05) is 5.33 Å². The van der Waals surface area contributed by atoms with Gasteiger partial charge in [0.25, 0.3) is 0 Å². The maximum absolute atomic E-state index is 12.6. The minimum absolute atomic E-state index is 0.327. The lowest BCUT2D eigenvalue weighted by Gasteiger charge is -2.04. The first kappa shape index (κ1) is 9.70. The van der Waals surface area contributed by atoms with Crippen molar-refractivity contribution >= 4 is 28.5 Å². The molecule has 0 aliphatic heterocycles. The molecule has 0 saturated heterocycles. The van der Waals surface area contributed by atoms with Crippen LogP contribution in [0.2, 0.25) is 0 Å². The van der Waals surface area contributed by atoms with Gasteiger partial charge in [0.15, 0.2) is 0 Å². The molecule has 0 aliphatic carbocycles. The summed E-state index contributed by atoms with van der Waals surface area (Å²) in [6, 6.07) is 3.82. The monoisotopic (exact) mass is 232 g/mol. The highest BCUT2D eigenvalue weighted by Crippen LogP contribution is 2.05. The van der Waals surface area contributed by atoms with Gasteiger partial charge in [-0.1, -0.05) is 22.0 Å². The lowest BCUT2D eigenvalue weighted by Crippen LogP contribution is -2.32. The Bertz CT molecular complexity index is 280. The maximum atomic E-state index is 12.6. The fraction of sp³-hybridized carbons (Fsp3) is 0.143. The molecular formula is C7H7BBrFO2. The van der Waals surface area contributed by atoms with E-state index in [1.54, 1.807) is 0 Å². The molecule has 5 heteroatoms. The van der Waals surface area contributed by atoms with Crippen molar-refractivity contribution in [3.63, 3.8) is 0 Å². The second kappa shape index (κ2) is 4.02. The van der Waals surface area contributed by atoms with Gasteiger partial charge < -0.3 is 10.0 Å². The van der Waals surface area contributed by atoms with E-state index in [0.29, 0.717) is 16.4 Å². The summed E-state index contributed by atoms with van der Waals surface area (Å²) in [4.78, 5) is 0. The molecule has 0 unspecified atom stereocenters. The fourth-order valence-corrected chi connectivity index (χ4v) is 1.43. The zero-order chi connectivity index (χ0) is 9.14. The molecule has 1 aromatic rings. The molecular weight excluding hydrogens is 226 g/mol. The third-order valence-corrected chi connectivity index (χ3v) is 2.13. The van der Waals surface area contributed by atoms with Crippen LogP contribution in [0.5, 0.6) is 0 Å². The van der Waals surface area contributed by atoms with Crippen LogP contribution in [0.3, 0.4) is 0 Å². The van der Waals surface area contributed by atoms with Gasteiger partial charge in [0.05, 0.1) is 0 Å². The van der Waals surface area contributed by atoms with E-state index in [-0.39, 0.29) is 5.82 Å². The van der Waals surface area contributed by atoms with E-state index in [0.717, 1.165) is 0 Å². The summed E-state index contributed by atoms with van der Waals surface area (Å²) < 4.78 is 12.6. The normalized spacial score (nSPS) is 10.0. The molecule has 2 N–H and O–H groups in total. The summed E-state index contributed by atoms with van der Waals surface area (Å²) in [5.74, 6) is -0.381. The first-order chi connectivity index (χ1) is 5.65. The smallest absolute Gasteiger partial charge is 0.423 e. The molecule has 0 atom stereocenters. The van der Waals surface area contributed by atoms with Gasteiger partial charge >= 0.3 is 7.12 Å². The lowest BCUT2D eigenvalue weighted by molar-refractivity contribution is 0.425. The van der Waals surface area contributed by atoms with Crippen molar-refractivity contribution in [3.05, 3.63) is 29.6 Å². The largest absolute Gasteiger partial charge is 0.488 e. The van der Waals surface area contributed by atoms with Crippen molar-refractivity contribution in [1.29, 1.82) is 0 Å². The van der Waals surface area contributed by atoms with Gasteiger partial charge in [-0.15, -0.1) is 0 Å². The van der Waals surface area contributed by atoms with E-state index in [4.69, 9.17) is 10.0 Å². The Hall–Kier alpha value is -0.385. The lowest BCUT2D eigenvalue weighted by atomic mass is 9.77. The predicted molar refractivity (Wildman–Crippen MR) is 48.9 cm³/mol. The highest BCUT2D eigenvalue weighted by Gasteiger charge is 2.15. The Labute approximate surface area is 78.3 Å². The van der Waals surface area contributed by atoms with Crippen LogP contribution in [0.25, 0.3) is 0 Å². The van der Waals surface area contributed by atoms with Gasteiger partial charge in [0.1, 0.15) is 5.82 Å². The molecule has 0 aromatic heterocycles. The van der Waals surface area contributed by atoms with E-state index in [9.17, 15) is 4.39 Å². The highest BCUT2D eigenvalue weighted by atomic mass is 79.9. The third-order valence-electron chi connectivity index (χ3n) is 1.53. The van der Waals surface area contributed by atoms with E-state index < -0.39 is 7.12 Å². The summed E-state index contributed by atoms with van der Waals surface area (Å²) in [6.07, 6.45) is 0. The molecule has 0 heterocycles. The maximum Gasteiger partial charge on any atom is 0.488 e. The van der Waals surface area contributed by atoms with Crippen LogP contribution in [0, 0.1) is 5.82 Å². The van der Waals surface area contributed by atoms with Crippen molar-refractivity contribution in [2.24, 2.45) is 0 Å². The number of benzene rings is 1. The van der Waals surface area contributed by atoms with Gasteiger partial charge in [-0.2, -0.15) is 0 Å². The first-order valence-corrected chi connectivity index (χ1v) is 4.47. The molecule has 0 spiro atoms. The minimum Gasteiger partial charge on any atom is -0.423 e. The molecule has 0 amide bonds. The molecule has 1 rings (SSSR count). The van der Waals surface area contributed by atoms with E-state index in [2.05, 4.69) is 15.9 Å². The standard InChI is InChI=1S/C7H7BBrFO2/c9-4-5-3-6(10)1-2-7(5)8(11)12/h1-3,11-12H,4H2. The van der Waals surface area contributed by atoms with E-state index in [1.165, 1.54) is 18.2 Å². The number of hydrogen-bond acceptors (Lipinski definition) is 2. The average Bonchev–Trinajstić information content (AvgIpc) is 2.03. The molecule has 64 valence electrons. The van der Waals surface area contributed by atoms with Crippen LogP contribution < -0.4 is 5.46 Å². The summed E-state index contributed by atoms with van der Waals surface area (Å²) in [7, 11) is -1.54. The Kier molecular flexibility index (Phi) is 3.25. The van der Waals surface area contributed by atoms with Gasteiger partial charge in [-0.3, -0.25) is 0 Å². The number of hydrogen-bond donors (Lipinski definition) is 2. The van der Waals surface area contributed by atoms with Crippen LogP contribution in [0.4, 0.5) is 4.39 Å². The number of halogens is 2. The Morgan fingerprint density at radius 3 is 2.58 bits per heavy atom. The molecule has 0 saturated carbocycles. The minimum atomic E-state index is -1.54. The number of rotatable bonds is 2. The SMILES string of the molecule is OB(O)c1ccc(F)cc1CBr. The molecule has 1 aromatic carbocycles. The average molecular weight is 233 g/mol.